The van der Waals surface area contributed by atoms with Gasteiger partial charge in [0.05, 0.1) is 12.4 Å². The second-order valence-corrected chi connectivity index (χ2v) is 5.90. The molecule has 2 aromatic rings. The lowest BCUT2D eigenvalue weighted by molar-refractivity contribution is -0.0299. The summed E-state index contributed by atoms with van der Waals surface area (Å²) in [5.74, 6) is 0.572. The molecule has 0 radical (unpaired) electrons. The molecule has 2 aromatic heterocycles. The molecule has 4 atom stereocenters. The minimum absolute atomic E-state index is 0.476. The van der Waals surface area contributed by atoms with Gasteiger partial charge in [-0.05, 0) is 19.9 Å². The van der Waals surface area contributed by atoms with Crippen molar-refractivity contribution in [1.82, 2.24) is 24.9 Å². The molecule has 1 aliphatic rings. The molecule has 136 valence electrons. The average Bonchev–Trinajstić information content (AvgIpc) is 3.15. The maximum atomic E-state index is 10.2. The normalized spacial score (nSPS) is 26.6. The van der Waals surface area contributed by atoms with Gasteiger partial charge in [-0.3, -0.25) is 9.58 Å². The number of nitrogens with zero attached hydrogens (tertiary/aromatic N) is 5. The van der Waals surface area contributed by atoms with Crippen LogP contribution in [0.5, 0.6) is 0 Å². The molecule has 5 N–H and O–H groups in total. The van der Waals surface area contributed by atoms with Gasteiger partial charge < -0.3 is 26.1 Å². The number of nitrogens with one attached hydrogen (secondary N) is 1. The molecule has 0 amide bonds. The van der Waals surface area contributed by atoms with E-state index in [1.54, 1.807) is 29.7 Å². The number of hydrazine groups is 1. The Morgan fingerprint density at radius 2 is 2.16 bits per heavy atom. The largest absolute Gasteiger partial charge is 0.388 e. The van der Waals surface area contributed by atoms with Gasteiger partial charge in [-0.15, -0.1) is 0 Å². The Morgan fingerprint density at radius 1 is 1.36 bits per heavy atom. The Labute approximate surface area is 144 Å². The number of anilines is 1. The number of nitrogens with two attached hydrogens (primary N) is 1. The third-order valence-electron chi connectivity index (χ3n) is 4.13. The van der Waals surface area contributed by atoms with E-state index in [9.17, 15) is 10.2 Å². The van der Waals surface area contributed by atoms with Crippen LogP contribution in [0.25, 0.3) is 11.2 Å². The van der Waals surface area contributed by atoms with Crippen LogP contribution in [0, 0.1) is 0 Å². The molecule has 0 unspecified atom stereocenters. The van der Waals surface area contributed by atoms with Crippen LogP contribution < -0.4 is 16.2 Å². The van der Waals surface area contributed by atoms with Gasteiger partial charge in [0, 0.05) is 13.2 Å². The zero-order chi connectivity index (χ0) is 18.0. The third kappa shape index (κ3) is 3.29. The van der Waals surface area contributed by atoms with Crippen LogP contribution in [0.4, 0.5) is 5.82 Å². The lowest BCUT2D eigenvalue weighted by Gasteiger charge is -2.19. The van der Waals surface area contributed by atoms with Crippen LogP contribution in [0.2, 0.25) is 0 Å². The van der Waals surface area contributed by atoms with Crippen LogP contribution in [0.15, 0.2) is 24.9 Å². The Morgan fingerprint density at radius 3 is 2.84 bits per heavy atom. The fraction of sp³-hybridized carbons (Fsp3) is 0.533. The van der Waals surface area contributed by atoms with Gasteiger partial charge in [0.1, 0.15) is 18.5 Å². The highest BCUT2D eigenvalue weighted by molar-refractivity contribution is 5.83. The Balaban J connectivity index is 1.88. The summed E-state index contributed by atoms with van der Waals surface area (Å²) < 4.78 is 7.25. The number of imidazole rings is 1. The van der Waals surface area contributed by atoms with E-state index in [1.807, 2.05) is 6.08 Å². The summed E-state index contributed by atoms with van der Waals surface area (Å²) in [5, 5.41) is 21.8. The molecule has 0 saturated carbocycles. The Bertz CT molecular complexity index is 750. The monoisotopic (exact) mass is 349 g/mol. The maximum absolute atomic E-state index is 10.2. The number of aromatic nitrogens is 4. The van der Waals surface area contributed by atoms with Gasteiger partial charge in [0.2, 0.25) is 0 Å². The molecule has 0 aromatic carbocycles. The van der Waals surface area contributed by atoms with Crippen LogP contribution in [-0.4, -0.2) is 61.6 Å². The van der Waals surface area contributed by atoms with Gasteiger partial charge in [-0.2, -0.15) is 0 Å². The summed E-state index contributed by atoms with van der Waals surface area (Å²) in [7, 11) is 1.81. The van der Waals surface area contributed by atoms with E-state index in [-0.39, 0.29) is 0 Å². The summed E-state index contributed by atoms with van der Waals surface area (Å²) in [6.45, 7) is 2.29. The predicted octanol–water partition coefficient (Wildman–Crippen LogP) is -0.731. The molecule has 10 nitrogen and oxygen atoms in total. The van der Waals surface area contributed by atoms with E-state index in [4.69, 9.17) is 10.5 Å². The van der Waals surface area contributed by atoms with E-state index in [0.717, 1.165) is 6.42 Å². The quantitative estimate of drug-likeness (QED) is 0.498. The second kappa shape index (κ2) is 7.31. The predicted molar refractivity (Wildman–Crippen MR) is 91.3 cm³/mol. The summed E-state index contributed by atoms with van der Waals surface area (Å²) in [6.07, 6.45) is 4.17. The van der Waals surface area contributed by atoms with Crippen molar-refractivity contribution >= 4 is 17.0 Å². The van der Waals surface area contributed by atoms with Gasteiger partial charge in [-0.1, -0.05) is 6.08 Å². The van der Waals surface area contributed by atoms with Crippen molar-refractivity contribution in [3.63, 3.8) is 0 Å². The molecular weight excluding hydrogens is 326 g/mol. The highest BCUT2D eigenvalue weighted by Gasteiger charge is 2.42. The zero-order valence-corrected chi connectivity index (χ0v) is 14.1. The van der Waals surface area contributed by atoms with E-state index >= 15 is 0 Å². The first-order valence-electron chi connectivity index (χ1n) is 8.08. The summed E-state index contributed by atoms with van der Waals surface area (Å²) in [4.78, 5) is 12.9. The van der Waals surface area contributed by atoms with Crippen LogP contribution >= 0.6 is 0 Å². The van der Waals surface area contributed by atoms with Gasteiger partial charge in [0.15, 0.2) is 23.2 Å². The van der Waals surface area contributed by atoms with Crippen molar-refractivity contribution in [2.75, 3.05) is 18.6 Å². The number of hydrogen-bond acceptors (Lipinski definition) is 9. The molecule has 0 spiro atoms. The van der Waals surface area contributed by atoms with Gasteiger partial charge in [0.25, 0.3) is 0 Å². The number of fused-ring (bicyclic) bond motifs is 1. The number of hydrogen-bond donors (Lipinski definition) is 4. The molecule has 1 aliphatic heterocycles. The Kier molecular flexibility index (Phi) is 5.13. The minimum Gasteiger partial charge on any atom is -0.388 e. The number of rotatable bonds is 6. The first-order chi connectivity index (χ1) is 12.0. The highest BCUT2D eigenvalue weighted by atomic mass is 16.6. The summed E-state index contributed by atoms with van der Waals surface area (Å²) in [5.41, 5.74) is 9.57. The number of ether oxygens (including phenoxy) is 1. The van der Waals surface area contributed by atoms with Crippen molar-refractivity contribution in [3.8, 4) is 0 Å². The fourth-order valence-electron chi connectivity index (χ4n) is 2.73. The summed E-state index contributed by atoms with van der Waals surface area (Å²) >= 11 is 0. The number of aliphatic hydroxyl groups is 2. The van der Waals surface area contributed by atoms with E-state index in [2.05, 4.69) is 20.4 Å². The first kappa shape index (κ1) is 17.5. The standard InChI is InChI=1S/C15H23N7O3/c1-9-11(23)12(24)15(25-9)22-8-19-10-13(17-7-18-14(10)22)21(2)20-6-4-3-5-16/h4,6-9,11-12,15,20,23-24H,3,5,16H2,1-2H3/t9-,11-,12-,15-/m1/s1. The average molecular weight is 349 g/mol. The van der Waals surface area contributed by atoms with E-state index in [1.165, 1.54) is 12.7 Å². The summed E-state index contributed by atoms with van der Waals surface area (Å²) in [6, 6.07) is 0. The lowest BCUT2D eigenvalue weighted by Crippen LogP contribution is -2.31. The zero-order valence-electron chi connectivity index (χ0n) is 14.1. The van der Waals surface area contributed by atoms with Gasteiger partial charge >= 0.3 is 0 Å². The van der Waals surface area contributed by atoms with Crippen molar-refractivity contribution in [1.29, 1.82) is 0 Å². The van der Waals surface area contributed by atoms with E-state index < -0.39 is 24.5 Å². The fourth-order valence-corrected chi connectivity index (χ4v) is 2.73. The second-order valence-electron chi connectivity index (χ2n) is 5.90. The third-order valence-corrected chi connectivity index (χ3v) is 4.13. The molecule has 10 heteroatoms. The van der Waals surface area contributed by atoms with Crippen LogP contribution in [0.1, 0.15) is 19.6 Å². The van der Waals surface area contributed by atoms with Crippen molar-refractivity contribution < 1.29 is 14.9 Å². The minimum atomic E-state index is -1.05. The van der Waals surface area contributed by atoms with Crippen LogP contribution in [-0.2, 0) is 4.74 Å². The molecule has 0 bridgehead atoms. The first-order valence-corrected chi connectivity index (χ1v) is 8.08. The smallest absolute Gasteiger partial charge is 0.178 e. The SMILES string of the molecule is C[C@H]1O[C@@H](n2cnc3c(N(C)NC=CCCN)ncnc32)[C@H](O)[C@@H]1O. The van der Waals surface area contributed by atoms with E-state index in [0.29, 0.717) is 23.5 Å². The number of aliphatic hydroxyl groups excluding tert-OH is 2. The molecule has 0 aliphatic carbocycles. The topological polar surface area (TPSA) is 135 Å². The van der Waals surface area contributed by atoms with Crippen molar-refractivity contribution in [2.24, 2.45) is 5.73 Å². The van der Waals surface area contributed by atoms with Crippen LogP contribution in [0.3, 0.4) is 0 Å². The maximum Gasteiger partial charge on any atom is 0.178 e. The molecular formula is C15H23N7O3. The molecule has 1 fully saturated rings. The molecule has 25 heavy (non-hydrogen) atoms. The van der Waals surface area contributed by atoms with Gasteiger partial charge in [-0.25, -0.2) is 15.0 Å². The van der Waals surface area contributed by atoms with Crippen molar-refractivity contribution in [2.45, 2.75) is 37.9 Å². The van der Waals surface area contributed by atoms with Crippen molar-refractivity contribution in [3.05, 3.63) is 24.9 Å². The molecule has 1 saturated heterocycles. The Hall–Kier alpha value is -2.27. The molecule has 3 rings (SSSR count). The highest BCUT2D eigenvalue weighted by Crippen LogP contribution is 2.32. The molecule has 3 heterocycles. The lowest BCUT2D eigenvalue weighted by atomic mass is 10.1.